The van der Waals surface area contributed by atoms with E-state index in [-0.39, 0.29) is 28.4 Å². The number of benzene rings is 4. The molecule has 0 fully saturated rings. The molecule has 36 heavy (non-hydrogen) atoms. The Hall–Kier alpha value is -4.70. The summed E-state index contributed by atoms with van der Waals surface area (Å²) in [6, 6.07) is 17.1. The second-order valence-corrected chi connectivity index (χ2v) is 7.89. The molecule has 4 aromatic rings. The zero-order valence-corrected chi connectivity index (χ0v) is 19.8. The minimum absolute atomic E-state index is 0.00915. The highest BCUT2D eigenvalue weighted by atomic mass is 35.5. The number of nitro benzene ring substituents is 1. The van der Waals surface area contributed by atoms with Crippen LogP contribution in [0.2, 0.25) is 5.02 Å². The molecule has 0 aromatic heterocycles. The molecule has 0 aliphatic heterocycles. The van der Waals surface area contributed by atoms with Gasteiger partial charge in [0.15, 0.2) is 5.75 Å². The minimum Gasteiger partial charge on any atom is -0.505 e. The summed E-state index contributed by atoms with van der Waals surface area (Å²) in [5.41, 5.74) is 0.171. The number of hydrogen-bond donors (Lipinski definition) is 2. The number of amides is 1. The molecule has 4 aromatic carbocycles. The molecule has 1 amide bonds. The summed E-state index contributed by atoms with van der Waals surface area (Å²) in [6.07, 6.45) is 0. The number of methoxy groups -OCH3 is 2. The number of carbonyl (C=O) groups excluding carboxylic acids is 1. The molecule has 0 atom stereocenters. The van der Waals surface area contributed by atoms with Crippen LogP contribution in [-0.4, -0.2) is 30.2 Å². The molecule has 0 aliphatic rings. The summed E-state index contributed by atoms with van der Waals surface area (Å²) in [7, 11) is 2.83. The van der Waals surface area contributed by atoms with Gasteiger partial charge in [0, 0.05) is 28.6 Å². The maximum Gasteiger partial charge on any atom is 0.271 e. The van der Waals surface area contributed by atoms with Crippen molar-refractivity contribution in [2.24, 2.45) is 10.2 Å². The number of carbonyl (C=O) groups is 1. The number of anilines is 1. The lowest BCUT2D eigenvalue weighted by atomic mass is 10.0. The van der Waals surface area contributed by atoms with Crippen LogP contribution < -0.4 is 14.8 Å². The summed E-state index contributed by atoms with van der Waals surface area (Å²) < 4.78 is 10.5. The van der Waals surface area contributed by atoms with Crippen LogP contribution >= 0.6 is 11.6 Å². The van der Waals surface area contributed by atoms with Gasteiger partial charge in [-0.1, -0.05) is 35.9 Å². The molecule has 0 heterocycles. The standard InChI is InChI=1S/C25H19ClN4O6/c1-35-21-10-8-16(30(33)34)13-20(21)28-29-23-17-6-4-3-5-14(17)11-18(24(23)31)25(32)27-19-9-7-15(26)12-22(19)36-2/h3-13,31H,1-2H3,(H,27,32). The van der Waals surface area contributed by atoms with Gasteiger partial charge in [-0.15, -0.1) is 10.2 Å². The van der Waals surface area contributed by atoms with Crippen molar-refractivity contribution in [1.29, 1.82) is 0 Å². The van der Waals surface area contributed by atoms with Crippen molar-refractivity contribution in [3.63, 3.8) is 0 Å². The van der Waals surface area contributed by atoms with Gasteiger partial charge in [0.25, 0.3) is 11.6 Å². The normalized spacial score (nSPS) is 11.0. The molecule has 2 N–H and O–H groups in total. The topological polar surface area (TPSA) is 136 Å². The second-order valence-electron chi connectivity index (χ2n) is 7.45. The van der Waals surface area contributed by atoms with Crippen LogP contribution in [-0.2, 0) is 0 Å². The first kappa shape index (κ1) is 24.4. The third-order valence-electron chi connectivity index (χ3n) is 5.28. The number of halogens is 1. The van der Waals surface area contributed by atoms with Gasteiger partial charge in [0.05, 0.1) is 30.4 Å². The molecular formula is C25H19ClN4O6. The van der Waals surface area contributed by atoms with Crippen LogP contribution in [0.1, 0.15) is 10.4 Å². The van der Waals surface area contributed by atoms with E-state index in [1.165, 1.54) is 38.5 Å². The van der Waals surface area contributed by atoms with Crippen molar-refractivity contribution in [2.75, 3.05) is 19.5 Å². The molecule has 4 rings (SSSR count). The van der Waals surface area contributed by atoms with E-state index in [1.807, 2.05) is 0 Å². The smallest absolute Gasteiger partial charge is 0.271 e. The molecule has 0 radical (unpaired) electrons. The van der Waals surface area contributed by atoms with E-state index in [2.05, 4.69) is 15.5 Å². The van der Waals surface area contributed by atoms with E-state index in [0.29, 0.717) is 27.2 Å². The predicted octanol–water partition coefficient (Wildman–Crippen LogP) is 6.79. The minimum atomic E-state index is -0.622. The highest BCUT2D eigenvalue weighted by Gasteiger charge is 2.20. The van der Waals surface area contributed by atoms with Crippen LogP contribution in [0.5, 0.6) is 17.2 Å². The van der Waals surface area contributed by atoms with Crippen molar-refractivity contribution < 1.29 is 24.3 Å². The van der Waals surface area contributed by atoms with E-state index in [4.69, 9.17) is 21.1 Å². The fourth-order valence-electron chi connectivity index (χ4n) is 3.52. The Kier molecular flexibility index (Phi) is 6.98. The van der Waals surface area contributed by atoms with Crippen LogP contribution in [0.3, 0.4) is 0 Å². The lowest BCUT2D eigenvalue weighted by molar-refractivity contribution is -0.384. The van der Waals surface area contributed by atoms with E-state index in [1.54, 1.807) is 42.5 Å². The summed E-state index contributed by atoms with van der Waals surface area (Å²) >= 11 is 5.99. The van der Waals surface area contributed by atoms with Crippen LogP contribution in [0.25, 0.3) is 10.8 Å². The number of phenols is 1. The number of azo groups is 1. The third kappa shape index (κ3) is 4.89. The van der Waals surface area contributed by atoms with Crippen molar-refractivity contribution >= 4 is 51.0 Å². The van der Waals surface area contributed by atoms with Crippen molar-refractivity contribution in [2.45, 2.75) is 0 Å². The van der Waals surface area contributed by atoms with E-state index >= 15 is 0 Å². The molecule has 0 aliphatic carbocycles. The quantitative estimate of drug-likeness (QED) is 0.161. The Balaban J connectivity index is 1.80. The number of non-ortho nitro benzene ring substituents is 1. The molecule has 0 saturated heterocycles. The van der Waals surface area contributed by atoms with Gasteiger partial charge in [0.1, 0.15) is 22.9 Å². The second kappa shape index (κ2) is 10.3. The summed E-state index contributed by atoms with van der Waals surface area (Å²) in [5, 5.41) is 34.7. The Morgan fingerprint density at radius 2 is 1.75 bits per heavy atom. The molecule has 0 saturated carbocycles. The Labute approximate surface area is 209 Å². The Morgan fingerprint density at radius 1 is 1.00 bits per heavy atom. The molecule has 0 unspecified atom stereocenters. The number of hydrogen-bond acceptors (Lipinski definition) is 8. The largest absolute Gasteiger partial charge is 0.505 e. The monoisotopic (exact) mass is 506 g/mol. The number of ether oxygens (including phenoxy) is 2. The number of aromatic hydroxyl groups is 1. The maximum atomic E-state index is 13.2. The average Bonchev–Trinajstić information content (AvgIpc) is 2.88. The zero-order valence-electron chi connectivity index (χ0n) is 19.1. The number of rotatable bonds is 7. The summed E-state index contributed by atoms with van der Waals surface area (Å²) in [6.45, 7) is 0. The van der Waals surface area contributed by atoms with Crippen LogP contribution in [0, 0.1) is 10.1 Å². The highest BCUT2D eigenvalue weighted by Crippen LogP contribution is 2.41. The third-order valence-corrected chi connectivity index (χ3v) is 5.52. The average molecular weight is 507 g/mol. The lowest BCUT2D eigenvalue weighted by Crippen LogP contribution is -2.13. The first-order valence-electron chi connectivity index (χ1n) is 10.5. The fourth-order valence-corrected chi connectivity index (χ4v) is 3.69. The first-order chi connectivity index (χ1) is 17.3. The van der Waals surface area contributed by atoms with Crippen molar-refractivity contribution in [1.82, 2.24) is 0 Å². The van der Waals surface area contributed by atoms with Gasteiger partial charge in [-0.2, -0.15) is 0 Å². The molecule has 0 bridgehead atoms. The summed E-state index contributed by atoms with van der Waals surface area (Å²) in [5.74, 6) is -0.457. The van der Waals surface area contributed by atoms with E-state index in [9.17, 15) is 20.0 Å². The lowest BCUT2D eigenvalue weighted by Gasteiger charge is -2.13. The van der Waals surface area contributed by atoms with Gasteiger partial charge in [-0.3, -0.25) is 14.9 Å². The van der Waals surface area contributed by atoms with E-state index < -0.39 is 16.6 Å². The van der Waals surface area contributed by atoms with Gasteiger partial charge >= 0.3 is 0 Å². The van der Waals surface area contributed by atoms with Crippen LogP contribution in [0.4, 0.5) is 22.7 Å². The zero-order chi connectivity index (χ0) is 25.8. The molecule has 11 heteroatoms. The summed E-state index contributed by atoms with van der Waals surface area (Å²) in [4.78, 5) is 23.8. The number of fused-ring (bicyclic) bond motifs is 1. The Morgan fingerprint density at radius 3 is 2.47 bits per heavy atom. The number of nitrogens with zero attached hydrogens (tertiary/aromatic N) is 3. The highest BCUT2D eigenvalue weighted by molar-refractivity contribution is 6.30. The van der Waals surface area contributed by atoms with Gasteiger partial charge in [-0.05, 0) is 29.7 Å². The predicted molar refractivity (Wildman–Crippen MR) is 135 cm³/mol. The van der Waals surface area contributed by atoms with Gasteiger partial charge < -0.3 is 19.9 Å². The van der Waals surface area contributed by atoms with Crippen molar-refractivity contribution in [3.8, 4) is 17.2 Å². The van der Waals surface area contributed by atoms with Crippen molar-refractivity contribution in [3.05, 3.63) is 87.4 Å². The maximum absolute atomic E-state index is 13.2. The SMILES string of the molecule is COc1ccc([N+](=O)[O-])cc1N=Nc1c(O)c(C(=O)Nc2ccc(Cl)cc2OC)cc2ccccc12. The molecular weight excluding hydrogens is 488 g/mol. The molecule has 0 spiro atoms. The fraction of sp³-hybridized carbons (Fsp3) is 0.0800. The molecule has 182 valence electrons. The number of nitro groups is 1. The number of nitrogens with one attached hydrogen (secondary N) is 1. The first-order valence-corrected chi connectivity index (χ1v) is 10.8. The Bertz CT molecular complexity index is 1520. The van der Waals surface area contributed by atoms with E-state index in [0.717, 1.165) is 0 Å². The van der Waals surface area contributed by atoms with Gasteiger partial charge in [0.2, 0.25) is 0 Å². The molecule has 10 nitrogen and oxygen atoms in total. The van der Waals surface area contributed by atoms with Gasteiger partial charge in [-0.25, -0.2) is 0 Å². The number of phenolic OH excluding ortho intramolecular Hbond substituents is 1. The van der Waals surface area contributed by atoms with Crippen LogP contribution in [0.15, 0.2) is 77.0 Å².